The summed E-state index contributed by atoms with van der Waals surface area (Å²) in [6.45, 7) is 16.9. The van der Waals surface area contributed by atoms with E-state index in [1.54, 1.807) is 19.1 Å². The van der Waals surface area contributed by atoms with Crippen molar-refractivity contribution in [1.29, 1.82) is 0 Å². The maximum absolute atomic E-state index is 10.8. The average molecular weight is 268 g/mol. The predicted molar refractivity (Wildman–Crippen MR) is 81.3 cm³/mol. The quantitative estimate of drug-likeness (QED) is 0.417. The zero-order chi connectivity index (χ0) is 14.6. The first-order valence-corrected chi connectivity index (χ1v) is 9.41. The van der Waals surface area contributed by atoms with Gasteiger partial charge in [0, 0.05) is 0 Å². The average Bonchev–Trinajstić information content (AvgIpc) is 2.14. The minimum Gasteiger partial charge on any atom is -0.411 e. The third-order valence-corrected chi connectivity index (χ3v) is 8.16. The number of rotatable bonds is 5. The second-order valence-corrected chi connectivity index (χ2v) is 11.2. The third kappa shape index (κ3) is 5.78. The Bertz CT molecular complexity index is 346. The highest BCUT2D eigenvalue weighted by atomic mass is 28.4. The van der Waals surface area contributed by atoms with Crippen LogP contribution in [0.3, 0.4) is 0 Å². The van der Waals surface area contributed by atoms with Crippen LogP contribution in [0.1, 0.15) is 41.5 Å². The second kappa shape index (κ2) is 6.48. The molecule has 0 aliphatic heterocycles. The van der Waals surface area contributed by atoms with Gasteiger partial charge in [0.05, 0.1) is 6.10 Å². The van der Waals surface area contributed by atoms with Gasteiger partial charge in [0.2, 0.25) is 0 Å². The molecule has 0 aromatic rings. The summed E-state index contributed by atoms with van der Waals surface area (Å²) in [6.07, 6.45) is 5.42. The molecule has 18 heavy (non-hydrogen) atoms. The van der Waals surface area contributed by atoms with E-state index in [0.29, 0.717) is 0 Å². The molecule has 0 aromatic carbocycles. The zero-order valence-corrected chi connectivity index (χ0v) is 14.1. The molecule has 0 heterocycles. The monoisotopic (exact) mass is 268 g/mol. The minimum atomic E-state index is -1.72. The third-order valence-electron chi connectivity index (χ3n) is 3.61. The van der Waals surface area contributed by atoms with Crippen molar-refractivity contribution in [3.05, 3.63) is 23.8 Å². The molecule has 0 N–H and O–H groups in total. The zero-order valence-electron chi connectivity index (χ0n) is 13.1. The molecule has 0 radical (unpaired) electrons. The van der Waals surface area contributed by atoms with Crippen LogP contribution < -0.4 is 0 Å². The van der Waals surface area contributed by atoms with Crippen LogP contribution in [0.25, 0.3) is 0 Å². The van der Waals surface area contributed by atoms with Crippen LogP contribution in [0.5, 0.6) is 0 Å². The molecule has 1 atom stereocenters. The predicted octanol–water partition coefficient (Wildman–Crippen LogP) is 4.49. The summed E-state index contributed by atoms with van der Waals surface area (Å²) in [5, 5.41) is 0.219. The van der Waals surface area contributed by atoms with E-state index >= 15 is 0 Å². The molecule has 0 fully saturated rings. The number of ketones is 1. The maximum atomic E-state index is 10.8. The first-order chi connectivity index (χ1) is 7.97. The number of carbonyl (C=O) groups excluding carboxylic acids is 1. The summed E-state index contributed by atoms with van der Waals surface area (Å²) in [6, 6.07) is 0. The fraction of sp³-hybridized carbons (Fsp3) is 0.667. The normalized spacial score (nSPS) is 16.1. The summed E-state index contributed by atoms with van der Waals surface area (Å²) in [4.78, 5) is 10.8. The summed E-state index contributed by atoms with van der Waals surface area (Å²) >= 11 is 0. The molecule has 0 spiro atoms. The van der Waals surface area contributed by atoms with E-state index in [4.69, 9.17) is 4.43 Å². The Morgan fingerprint density at radius 1 is 1.22 bits per heavy atom. The van der Waals surface area contributed by atoms with Gasteiger partial charge >= 0.3 is 0 Å². The molecule has 0 saturated heterocycles. The molecule has 0 aliphatic rings. The maximum Gasteiger partial charge on any atom is 0.192 e. The Morgan fingerprint density at radius 3 is 2.11 bits per heavy atom. The van der Waals surface area contributed by atoms with Crippen LogP contribution >= 0.6 is 0 Å². The lowest BCUT2D eigenvalue weighted by atomic mass is 10.2. The molecular weight excluding hydrogens is 240 g/mol. The van der Waals surface area contributed by atoms with Crippen molar-refractivity contribution >= 4 is 14.1 Å². The van der Waals surface area contributed by atoms with Crippen LogP contribution in [-0.2, 0) is 9.22 Å². The molecule has 104 valence electrons. The number of allylic oxidation sites excluding steroid dienone is 3. The van der Waals surface area contributed by atoms with Crippen molar-refractivity contribution in [1.82, 2.24) is 0 Å². The van der Waals surface area contributed by atoms with Gasteiger partial charge in [-0.25, -0.2) is 0 Å². The number of hydrogen-bond acceptors (Lipinski definition) is 2. The van der Waals surface area contributed by atoms with Gasteiger partial charge in [0.15, 0.2) is 14.1 Å². The molecule has 3 heteroatoms. The first-order valence-electron chi connectivity index (χ1n) is 6.50. The van der Waals surface area contributed by atoms with Crippen LogP contribution in [0.2, 0.25) is 18.1 Å². The van der Waals surface area contributed by atoms with Gasteiger partial charge in [-0.15, -0.1) is 0 Å². The van der Waals surface area contributed by atoms with Gasteiger partial charge < -0.3 is 4.43 Å². The number of carbonyl (C=O) groups is 1. The van der Waals surface area contributed by atoms with Crippen LogP contribution in [0.4, 0.5) is 0 Å². The van der Waals surface area contributed by atoms with E-state index in [2.05, 4.69) is 40.8 Å². The summed E-state index contributed by atoms with van der Waals surface area (Å²) in [7, 11) is -1.72. The van der Waals surface area contributed by atoms with Crippen LogP contribution in [0, 0.1) is 0 Å². The van der Waals surface area contributed by atoms with E-state index in [1.165, 1.54) is 0 Å². The summed E-state index contributed by atoms with van der Waals surface area (Å²) < 4.78 is 6.27. The fourth-order valence-corrected chi connectivity index (χ4v) is 2.61. The van der Waals surface area contributed by atoms with E-state index in [0.717, 1.165) is 5.57 Å². The van der Waals surface area contributed by atoms with Crippen molar-refractivity contribution < 1.29 is 9.22 Å². The summed E-state index contributed by atoms with van der Waals surface area (Å²) in [5.41, 5.74) is 1.15. The van der Waals surface area contributed by atoms with Crippen LogP contribution in [0.15, 0.2) is 23.8 Å². The van der Waals surface area contributed by atoms with Gasteiger partial charge in [-0.3, -0.25) is 4.79 Å². The lowest BCUT2D eigenvalue weighted by molar-refractivity contribution is -0.112. The van der Waals surface area contributed by atoms with E-state index in [9.17, 15) is 4.79 Å². The van der Waals surface area contributed by atoms with E-state index in [1.807, 2.05) is 13.0 Å². The highest BCUT2D eigenvalue weighted by Crippen LogP contribution is 2.37. The standard InChI is InChI=1S/C15H28O2Si/c1-12(10-9-11-13(2)16)14(3)17-18(7,8)15(4,5)6/h9-11,14H,1-8H3/b11-9+,12-10+. The molecule has 0 aromatic heterocycles. The van der Waals surface area contributed by atoms with Crippen molar-refractivity contribution in [2.75, 3.05) is 0 Å². The van der Waals surface area contributed by atoms with Gasteiger partial charge in [0.1, 0.15) is 0 Å². The Hall–Kier alpha value is -0.673. The van der Waals surface area contributed by atoms with E-state index in [-0.39, 0.29) is 16.9 Å². The molecule has 0 bridgehead atoms. The smallest absolute Gasteiger partial charge is 0.192 e. The largest absolute Gasteiger partial charge is 0.411 e. The molecule has 1 unspecified atom stereocenters. The van der Waals surface area contributed by atoms with Crippen molar-refractivity contribution in [3.8, 4) is 0 Å². The highest BCUT2D eigenvalue weighted by Gasteiger charge is 2.38. The Labute approximate surface area is 113 Å². The number of hydrogen-bond donors (Lipinski definition) is 0. The Balaban J connectivity index is 4.68. The minimum absolute atomic E-state index is 0.0667. The Kier molecular flexibility index (Phi) is 6.24. The SMILES string of the molecule is CC(=O)/C=C/C=C(\C)C(C)O[Si](C)(C)C(C)(C)C. The molecular formula is C15H28O2Si. The van der Waals surface area contributed by atoms with Crippen LogP contribution in [-0.4, -0.2) is 20.2 Å². The lowest BCUT2D eigenvalue weighted by Gasteiger charge is -2.38. The van der Waals surface area contributed by atoms with Gasteiger partial charge in [-0.1, -0.05) is 32.9 Å². The van der Waals surface area contributed by atoms with Gasteiger partial charge in [-0.2, -0.15) is 0 Å². The van der Waals surface area contributed by atoms with E-state index < -0.39 is 8.32 Å². The van der Waals surface area contributed by atoms with Gasteiger partial charge in [-0.05, 0) is 50.6 Å². The Morgan fingerprint density at radius 2 is 1.72 bits per heavy atom. The summed E-state index contributed by atoms with van der Waals surface area (Å²) in [5.74, 6) is 0.0667. The van der Waals surface area contributed by atoms with Crippen molar-refractivity contribution in [3.63, 3.8) is 0 Å². The van der Waals surface area contributed by atoms with Gasteiger partial charge in [0.25, 0.3) is 0 Å². The van der Waals surface area contributed by atoms with Crippen molar-refractivity contribution in [2.24, 2.45) is 0 Å². The topological polar surface area (TPSA) is 26.3 Å². The molecule has 0 rings (SSSR count). The molecule has 0 aliphatic carbocycles. The lowest BCUT2D eigenvalue weighted by Crippen LogP contribution is -2.43. The molecule has 0 amide bonds. The molecule has 0 saturated carbocycles. The van der Waals surface area contributed by atoms with Crippen molar-refractivity contribution in [2.45, 2.75) is 65.8 Å². The molecule has 2 nitrogen and oxygen atoms in total. The second-order valence-electron chi connectivity index (χ2n) is 6.40. The first kappa shape index (κ1) is 17.3. The fourth-order valence-electron chi connectivity index (χ4n) is 1.18. The highest BCUT2D eigenvalue weighted by molar-refractivity contribution is 6.74.